The van der Waals surface area contributed by atoms with E-state index in [0.29, 0.717) is 5.52 Å². The standard InChI is InChI=1S/C10H6BrNO2.ClH/c11-7-2-1-3-8-6(7)4-5-9(12-8)10(13)14;/h1-5H,(H,13,14);1H. The van der Waals surface area contributed by atoms with Crippen LogP contribution in [0.25, 0.3) is 10.9 Å². The maximum absolute atomic E-state index is 10.7. The second-order valence-corrected chi connectivity index (χ2v) is 3.66. The number of halogens is 2. The van der Waals surface area contributed by atoms with E-state index in [9.17, 15) is 4.79 Å². The molecule has 78 valence electrons. The number of hydrogen-bond acceptors (Lipinski definition) is 2. The van der Waals surface area contributed by atoms with Gasteiger partial charge in [-0.05, 0) is 24.3 Å². The highest BCUT2D eigenvalue weighted by Crippen LogP contribution is 2.22. The van der Waals surface area contributed by atoms with Gasteiger partial charge in [0.1, 0.15) is 5.69 Å². The molecule has 0 saturated carbocycles. The van der Waals surface area contributed by atoms with Crippen molar-refractivity contribution in [1.29, 1.82) is 0 Å². The van der Waals surface area contributed by atoms with Gasteiger partial charge in [-0.15, -0.1) is 12.4 Å². The molecule has 0 aliphatic carbocycles. The third-order valence-corrected chi connectivity index (χ3v) is 2.59. The van der Waals surface area contributed by atoms with Gasteiger partial charge in [0.15, 0.2) is 0 Å². The van der Waals surface area contributed by atoms with Crippen LogP contribution in [0.2, 0.25) is 0 Å². The van der Waals surface area contributed by atoms with E-state index in [1.807, 2.05) is 12.1 Å². The molecule has 0 aliphatic heterocycles. The molecule has 0 spiro atoms. The Bertz CT molecular complexity index is 516. The van der Waals surface area contributed by atoms with Crippen LogP contribution in [0.4, 0.5) is 0 Å². The van der Waals surface area contributed by atoms with Crippen LogP contribution < -0.4 is 0 Å². The zero-order valence-corrected chi connectivity index (χ0v) is 9.88. The van der Waals surface area contributed by atoms with E-state index in [4.69, 9.17) is 5.11 Å². The number of aromatic carboxylic acids is 1. The molecule has 1 heterocycles. The van der Waals surface area contributed by atoms with Gasteiger partial charge in [0.05, 0.1) is 5.52 Å². The molecule has 2 aromatic rings. The Morgan fingerprint density at radius 3 is 2.67 bits per heavy atom. The molecule has 0 unspecified atom stereocenters. The molecule has 0 radical (unpaired) electrons. The average molecular weight is 289 g/mol. The van der Waals surface area contributed by atoms with E-state index in [1.165, 1.54) is 6.07 Å². The summed E-state index contributed by atoms with van der Waals surface area (Å²) in [6, 6.07) is 8.74. The van der Waals surface area contributed by atoms with Crippen LogP contribution >= 0.6 is 28.3 Å². The summed E-state index contributed by atoms with van der Waals surface area (Å²) >= 11 is 3.37. The topological polar surface area (TPSA) is 50.2 Å². The lowest BCUT2D eigenvalue weighted by Gasteiger charge is -2.00. The second-order valence-electron chi connectivity index (χ2n) is 2.81. The first-order valence-electron chi connectivity index (χ1n) is 3.97. The minimum absolute atomic E-state index is 0. The van der Waals surface area contributed by atoms with Crippen molar-refractivity contribution in [2.45, 2.75) is 0 Å². The van der Waals surface area contributed by atoms with E-state index < -0.39 is 5.97 Å². The lowest BCUT2D eigenvalue weighted by molar-refractivity contribution is 0.0691. The smallest absolute Gasteiger partial charge is 0.354 e. The summed E-state index contributed by atoms with van der Waals surface area (Å²) in [6.45, 7) is 0. The molecule has 15 heavy (non-hydrogen) atoms. The van der Waals surface area contributed by atoms with Crippen LogP contribution in [0.15, 0.2) is 34.8 Å². The van der Waals surface area contributed by atoms with Crippen LogP contribution in [0, 0.1) is 0 Å². The van der Waals surface area contributed by atoms with E-state index in [-0.39, 0.29) is 18.1 Å². The van der Waals surface area contributed by atoms with Gasteiger partial charge in [0.25, 0.3) is 0 Å². The number of carboxylic acids is 1. The Hall–Kier alpha value is -1.13. The molecule has 1 aromatic carbocycles. The summed E-state index contributed by atoms with van der Waals surface area (Å²) in [5.41, 5.74) is 0.745. The summed E-state index contributed by atoms with van der Waals surface area (Å²) in [6.07, 6.45) is 0. The van der Waals surface area contributed by atoms with Crippen molar-refractivity contribution in [3.8, 4) is 0 Å². The highest BCUT2D eigenvalue weighted by Gasteiger charge is 2.06. The molecule has 0 bridgehead atoms. The first kappa shape index (κ1) is 11.9. The van der Waals surface area contributed by atoms with Crippen molar-refractivity contribution in [1.82, 2.24) is 4.98 Å². The van der Waals surface area contributed by atoms with Gasteiger partial charge in [-0.25, -0.2) is 9.78 Å². The quantitative estimate of drug-likeness (QED) is 0.877. The average Bonchev–Trinajstić information content (AvgIpc) is 2.17. The van der Waals surface area contributed by atoms with Crippen molar-refractivity contribution in [2.75, 3.05) is 0 Å². The molecule has 3 nitrogen and oxygen atoms in total. The maximum Gasteiger partial charge on any atom is 0.354 e. The molecule has 5 heteroatoms. The van der Waals surface area contributed by atoms with Crippen LogP contribution in [0.3, 0.4) is 0 Å². The van der Waals surface area contributed by atoms with Crippen LogP contribution in [-0.4, -0.2) is 16.1 Å². The number of aromatic nitrogens is 1. The first-order valence-corrected chi connectivity index (χ1v) is 4.76. The van der Waals surface area contributed by atoms with Gasteiger partial charge in [0.2, 0.25) is 0 Å². The third kappa shape index (κ3) is 2.27. The molecular weight excluding hydrogens is 281 g/mol. The van der Waals surface area contributed by atoms with E-state index in [1.54, 1.807) is 12.1 Å². The van der Waals surface area contributed by atoms with Crippen molar-refractivity contribution >= 4 is 45.2 Å². The minimum atomic E-state index is -1.01. The molecule has 1 N–H and O–H groups in total. The Morgan fingerprint density at radius 2 is 2.00 bits per heavy atom. The highest BCUT2D eigenvalue weighted by molar-refractivity contribution is 9.10. The number of carbonyl (C=O) groups is 1. The van der Waals surface area contributed by atoms with Gasteiger partial charge in [-0.1, -0.05) is 22.0 Å². The van der Waals surface area contributed by atoms with Gasteiger partial charge in [-0.2, -0.15) is 0 Å². The molecule has 0 saturated heterocycles. The monoisotopic (exact) mass is 287 g/mol. The van der Waals surface area contributed by atoms with Crippen molar-refractivity contribution in [2.24, 2.45) is 0 Å². The largest absolute Gasteiger partial charge is 0.477 e. The van der Waals surface area contributed by atoms with Crippen LogP contribution in [-0.2, 0) is 0 Å². The molecule has 0 amide bonds. The fourth-order valence-electron chi connectivity index (χ4n) is 1.24. The summed E-state index contributed by atoms with van der Waals surface area (Å²) in [5, 5.41) is 9.65. The highest BCUT2D eigenvalue weighted by atomic mass is 79.9. The van der Waals surface area contributed by atoms with E-state index in [2.05, 4.69) is 20.9 Å². The Kier molecular flexibility index (Phi) is 3.66. The first-order chi connectivity index (χ1) is 6.68. The Morgan fingerprint density at radius 1 is 1.27 bits per heavy atom. The summed E-state index contributed by atoms with van der Waals surface area (Å²) in [5.74, 6) is -1.01. The number of pyridine rings is 1. The molecule has 0 atom stereocenters. The molecule has 0 aliphatic rings. The molecule has 0 fully saturated rings. The number of carboxylic acid groups (broad SMARTS) is 1. The van der Waals surface area contributed by atoms with Crippen molar-refractivity contribution < 1.29 is 9.90 Å². The fraction of sp³-hybridized carbons (Fsp3) is 0. The van der Waals surface area contributed by atoms with Gasteiger partial charge in [0, 0.05) is 9.86 Å². The van der Waals surface area contributed by atoms with Gasteiger partial charge >= 0.3 is 5.97 Å². The number of nitrogens with zero attached hydrogens (tertiary/aromatic N) is 1. The number of rotatable bonds is 1. The molecule has 1 aromatic heterocycles. The van der Waals surface area contributed by atoms with Crippen molar-refractivity contribution in [3.63, 3.8) is 0 Å². The van der Waals surface area contributed by atoms with Crippen LogP contribution in [0.1, 0.15) is 10.5 Å². The normalized spacial score (nSPS) is 9.67. The van der Waals surface area contributed by atoms with E-state index in [0.717, 1.165) is 9.86 Å². The van der Waals surface area contributed by atoms with Crippen molar-refractivity contribution in [3.05, 3.63) is 40.5 Å². The van der Waals surface area contributed by atoms with Gasteiger partial charge in [-0.3, -0.25) is 0 Å². The molecule has 2 rings (SSSR count). The fourth-order valence-corrected chi connectivity index (χ4v) is 1.72. The zero-order chi connectivity index (χ0) is 10.1. The summed E-state index contributed by atoms with van der Waals surface area (Å²) in [7, 11) is 0. The SMILES string of the molecule is Cl.O=C(O)c1ccc2c(Br)cccc2n1. The second kappa shape index (κ2) is 4.59. The predicted octanol–water partition coefficient (Wildman–Crippen LogP) is 3.12. The third-order valence-electron chi connectivity index (χ3n) is 1.90. The lowest BCUT2D eigenvalue weighted by atomic mass is 10.2. The lowest BCUT2D eigenvalue weighted by Crippen LogP contribution is -1.99. The summed E-state index contributed by atoms with van der Waals surface area (Å²) < 4.78 is 0.916. The maximum atomic E-state index is 10.7. The predicted molar refractivity (Wildman–Crippen MR) is 63.7 cm³/mol. The number of hydrogen-bond donors (Lipinski definition) is 1. The Labute approximate surface area is 101 Å². The Balaban J connectivity index is 0.00000112. The van der Waals surface area contributed by atoms with E-state index >= 15 is 0 Å². The van der Waals surface area contributed by atoms with Crippen LogP contribution in [0.5, 0.6) is 0 Å². The molecular formula is C10H7BrClNO2. The number of benzene rings is 1. The zero-order valence-electron chi connectivity index (χ0n) is 7.48. The number of fused-ring (bicyclic) bond motifs is 1. The van der Waals surface area contributed by atoms with Gasteiger partial charge < -0.3 is 5.11 Å². The summed E-state index contributed by atoms with van der Waals surface area (Å²) in [4.78, 5) is 14.7. The minimum Gasteiger partial charge on any atom is -0.477 e.